The summed E-state index contributed by atoms with van der Waals surface area (Å²) in [7, 11) is 0. The molecular formula is C14H19ClFN3O2. The maximum atomic E-state index is 13.5. The molecule has 5 nitrogen and oxygen atoms in total. The molecule has 7 heteroatoms. The normalized spacial score (nSPS) is 25.6. The molecule has 3 N–H and O–H groups in total. The maximum absolute atomic E-state index is 13.5. The molecule has 0 amide bonds. The lowest BCUT2D eigenvalue weighted by Gasteiger charge is -2.43. The van der Waals surface area contributed by atoms with Crippen LogP contribution in [0.5, 0.6) is 0 Å². The summed E-state index contributed by atoms with van der Waals surface area (Å²) in [6, 6.07) is 2.12. The number of benzene rings is 1. The second-order valence-corrected chi connectivity index (χ2v) is 6.08. The van der Waals surface area contributed by atoms with Gasteiger partial charge in [0.05, 0.1) is 21.6 Å². The van der Waals surface area contributed by atoms with Crippen LogP contribution in [0.3, 0.4) is 0 Å². The summed E-state index contributed by atoms with van der Waals surface area (Å²) < 4.78 is 13.5. The Kier molecular flexibility index (Phi) is 4.68. The molecule has 21 heavy (non-hydrogen) atoms. The Morgan fingerprint density at radius 1 is 1.57 bits per heavy atom. The first-order valence-corrected chi connectivity index (χ1v) is 7.39. The van der Waals surface area contributed by atoms with Gasteiger partial charge in [0.1, 0.15) is 11.5 Å². The minimum Gasteiger partial charge on any atom is -0.372 e. The fourth-order valence-electron chi connectivity index (χ4n) is 3.01. The van der Waals surface area contributed by atoms with Crippen LogP contribution in [0.25, 0.3) is 0 Å². The molecule has 1 saturated carbocycles. The monoisotopic (exact) mass is 315 g/mol. The highest BCUT2D eigenvalue weighted by atomic mass is 35.5. The minimum atomic E-state index is -0.799. The van der Waals surface area contributed by atoms with Gasteiger partial charge in [0.25, 0.3) is 5.69 Å². The van der Waals surface area contributed by atoms with Crippen molar-refractivity contribution in [3.05, 3.63) is 33.1 Å². The van der Waals surface area contributed by atoms with Crippen molar-refractivity contribution in [3.63, 3.8) is 0 Å². The fraction of sp³-hybridized carbons (Fsp3) is 0.571. The third-order valence-electron chi connectivity index (χ3n) is 4.44. The number of nitrogens with one attached hydrogen (secondary N) is 1. The van der Waals surface area contributed by atoms with Gasteiger partial charge in [0.15, 0.2) is 0 Å². The number of nitrogens with two attached hydrogens (primary N) is 1. The highest BCUT2D eigenvalue weighted by Crippen LogP contribution is 2.39. The van der Waals surface area contributed by atoms with Crippen LogP contribution in [-0.2, 0) is 0 Å². The Hall–Kier alpha value is -1.40. The summed E-state index contributed by atoms with van der Waals surface area (Å²) >= 11 is 5.76. The van der Waals surface area contributed by atoms with Gasteiger partial charge in [0.2, 0.25) is 0 Å². The largest absolute Gasteiger partial charge is 0.372 e. The number of nitrogens with zero attached hydrogens (tertiary/aromatic N) is 1. The zero-order valence-corrected chi connectivity index (χ0v) is 12.6. The van der Waals surface area contributed by atoms with Crippen molar-refractivity contribution in [2.45, 2.75) is 38.1 Å². The number of nitro benzene ring substituents is 1. The molecule has 1 fully saturated rings. The lowest BCUT2D eigenvalue weighted by molar-refractivity contribution is -0.384. The molecule has 0 aromatic heterocycles. The Morgan fingerprint density at radius 3 is 2.86 bits per heavy atom. The molecule has 1 aromatic carbocycles. The fourth-order valence-corrected chi connectivity index (χ4v) is 3.17. The summed E-state index contributed by atoms with van der Waals surface area (Å²) in [5.74, 6) is -0.521. The van der Waals surface area contributed by atoms with Gasteiger partial charge in [-0.3, -0.25) is 10.1 Å². The van der Waals surface area contributed by atoms with Crippen LogP contribution in [0.1, 0.15) is 32.6 Å². The van der Waals surface area contributed by atoms with Crippen molar-refractivity contribution in [1.29, 1.82) is 0 Å². The Bertz CT molecular complexity index is 555. The van der Waals surface area contributed by atoms with Gasteiger partial charge in [-0.25, -0.2) is 4.39 Å². The van der Waals surface area contributed by atoms with E-state index in [9.17, 15) is 14.5 Å². The molecular weight excluding hydrogens is 297 g/mol. The molecule has 0 aliphatic heterocycles. The summed E-state index contributed by atoms with van der Waals surface area (Å²) in [5.41, 5.74) is 5.43. The first-order valence-electron chi connectivity index (χ1n) is 7.01. The average molecular weight is 316 g/mol. The predicted molar refractivity (Wildman–Crippen MR) is 81.1 cm³/mol. The van der Waals surface area contributed by atoms with Crippen LogP contribution in [0.15, 0.2) is 12.1 Å². The number of anilines is 1. The maximum Gasteiger partial charge on any atom is 0.295 e. The second kappa shape index (κ2) is 6.15. The number of halogens is 2. The quantitative estimate of drug-likeness (QED) is 0.655. The number of rotatable bonds is 4. The standard InChI is InChI=1S/C14H19ClFN3O2/c1-9-4-2-3-5-14(9,8-17)18-12-6-10(15)11(16)7-13(12)19(20)21/h6-7,9,18H,2-5,8,17H2,1H3. The molecule has 0 saturated heterocycles. The lowest BCUT2D eigenvalue weighted by atomic mass is 9.73. The van der Waals surface area contributed by atoms with Crippen molar-refractivity contribution in [1.82, 2.24) is 0 Å². The topological polar surface area (TPSA) is 81.2 Å². The zero-order valence-electron chi connectivity index (χ0n) is 11.9. The minimum absolute atomic E-state index is 0.140. The van der Waals surface area contributed by atoms with Gasteiger partial charge in [-0.05, 0) is 24.8 Å². The van der Waals surface area contributed by atoms with E-state index in [2.05, 4.69) is 12.2 Å². The first-order chi connectivity index (χ1) is 9.89. The third-order valence-corrected chi connectivity index (χ3v) is 4.73. The van der Waals surface area contributed by atoms with Gasteiger partial charge in [-0.2, -0.15) is 0 Å². The van der Waals surface area contributed by atoms with Gasteiger partial charge in [0, 0.05) is 6.54 Å². The summed E-state index contributed by atoms with van der Waals surface area (Å²) in [4.78, 5) is 10.5. The molecule has 1 aromatic rings. The van der Waals surface area contributed by atoms with E-state index in [1.807, 2.05) is 0 Å². The van der Waals surface area contributed by atoms with E-state index in [1.165, 1.54) is 6.07 Å². The van der Waals surface area contributed by atoms with Crippen LogP contribution >= 0.6 is 11.6 Å². The Labute approximate surface area is 127 Å². The Balaban J connectivity index is 2.41. The van der Waals surface area contributed by atoms with Crippen molar-refractivity contribution in [2.75, 3.05) is 11.9 Å². The van der Waals surface area contributed by atoms with Crippen LogP contribution in [-0.4, -0.2) is 17.0 Å². The smallest absolute Gasteiger partial charge is 0.295 e. The molecule has 2 atom stereocenters. The zero-order chi connectivity index (χ0) is 15.6. The molecule has 1 aliphatic carbocycles. The van der Waals surface area contributed by atoms with E-state index in [1.54, 1.807) is 0 Å². The molecule has 0 bridgehead atoms. The highest BCUT2D eigenvalue weighted by Gasteiger charge is 2.38. The summed E-state index contributed by atoms with van der Waals surface area (Å²) in [5, 5.41) is 14.2. The molecule has 0 spiro atoms. The average Bonchev–Trinajstić information content (AvgIpc) is 2.45. The first kappa shape index (κ1) is 16.0. The van der Waals surface area contributed by atoms with Crippen molar-refractivity contribution >= 4 is 23.0 Å². The summed E-state index contributed by atoms with van der Waals surface area (Å²) in [6.45, 7) is 2.44. The van der Waals surface area contributed by atoms with E-state index < -0.39 is 16.3 Å². The molecule has 1 aliphatic rings. The molecule has 0 heterocycles. The second-order valence-electron chi connectivity index (χ2n) is 5.67. The predicted octanol–water partition coefficient (Wildman–Crippen LogP) is 3.71. The Morgan fingerprint density at radius 2 is 2.29 bits per heavy atom. The van der Waals surface area contributed by atoms with E-state index in [4.69, 9.17) is 17.3 Å². The highest BCUT2D eigenvalue weighted by molar-refractivity contribution is 6.31. The third kappa shape index (κ3) is 3.11. The number of hydrogen-bond acceptors (Lipinski definition) is 4. The molecule has 0 radical (unpaired) electrons. The van der Waals surface area contributed by atoms with Crippen LogP contribution < -0.4 is 11.1 Å². The van der Waals surface area contributed by atoms with Gasteiger partial charge < -0.3 is 11.1 Å². The van der Waals surface area contributed by atoms with Crippen molar-refractivity contribution in [3.8, 4) is 0 Å². The van der Waals surface area contributed by atoms with Gasteiger partial charge >= 0.3 is 0 Å². The van der Waals surface area contributed by atoms with E-state index in [0.717, 1.165) is 31.7 Å². The van der Waals surface area contributed by atoms with Gasteiger partial charge in [-0.15, -0.1) is 0 Å². The summed E-state index contributed by atoms with van der Waals surface area (Å²) in [6.07, 6.45) is 3.97. The molecule has 2 rings (SSSR count). The van der Waals surface area contributed by atoms with E-state index >= 15 is 0 Å². The molecule has 2 unspecified atom stereocenters. The SMILES string of the molecule is CC1CCCCC1(CN)Nc1cc(Cl)c(F)cc1[N+](=O)[O-]. The van der Waals surface area contributed by atoms with Crippen LogP contribution in [0.4, 0.5) is 15.8 Å². The van der Waals surface area contributed by atoms with Crippen molar-refractivity contribution in [2.24, 2.45) is 11.7 Å². The van der Waals surface area contributed by atoms with Crippen LogP contribution in [0.2, 0.25) is 5.02 Å². The van der Waals surface area contributed by atoms with Crippen LogP contribution in [0, 0.1) is 21.8 Å². The number of nitro groups is 1. The lowest BCUT2D eigenvalue weighted by Crippen LogP contribution is -2.52. The van der Waals surface area contributed by atoms with E-state index in [-0.39, 0.29) is 22.3 Å². The molecule has 116 valence electrons. The van der Waals surface area contributed by atoms with Crippen molar-refractivity contribution < 1.29 is 9.31 Å². The number of hydrogen-bond donors (Lipinski definition) is 2. The van der Waals surface area contributed by atoms with Gasteiger partial charge in [-0.1, -0.05) is 31.4 Å². The van der Waals surface area contributed by atoms with E-state index in [0.29, 0.717) is 6.54 Å².